The summed E-state index contributed by atoms with van der Waals surface area (Å²) in [5, 5.41) is 6.94. The second-order valence-electron chi connectivity index (χ2n) is 5.08. The van der Waals surface area contributed by atoms with Gasteiger partial charge in [0.25, 0.3) is 5.91 Å². The molecule has 2 rings (SSSR count). The number of hydrogen-bond donors (Lipinski definition) is 1. The third-order valence-corrected chi connectivity index (χ3v) is 3.68. The lowest BCUT2D eigenvalue weighted by Gasteiger charge is -2.21. The van der Waals surface area contributed by atoms with E-state index in [1.54, 1.807) is 11.3 Å². The Balaban J connectivity index is 2.13. The van der Waals surface area contributed by atoms with E-state index in [1.807, 2.05) is 35.0 Å². The van der Waals surface area contributed by atoms with Gasteiger partial charge in [-0.05, 0) is 29.3 Å². The van der Waals surface area contributed by atoms with Crippen molar-refractivity contribution in [1.29, 1.82) is 0 Å². The Morgan fingerprint density at radius 2 is 1.95 bits per heavy atom. The molecular formula is C16H19NOS. The van der Waals surface area contributed by atoms with E-state index < -0.39 is 0 Å². The van der Waals surface area contributed by atoms with Gasteiger partial charge in [0.15, 0.2) is 0 Å². The molecule has 1 heterocycles. The van der Waals surface area contributed by atoms with Crippen molar-refractivity contribution in [3.63, 3.8) is 0 Å². The highest BCUT2D eigenvalue weighted by atomic mass is 32.1. The number of carbonyl (C=O) groups is 1. The van der Waals surface area contributed by atoms with E-state index in [4.69, 9.17) is 0 Å². The molecule has 1 amide bonds. The Bertz CT molecular complexity index is 505. The van der Waals surface area contributed by atoms with Gasteiger partial charge in [0, 0.05) is 5.38 Å². The molecule has 0 aliphatic carbocycles. The molecule has 1 N–H and O–H groups in total. The number of rotatable bonds is 5. The average Bonchev–Trinajstić information content (AvgIpc) is 2.92. The summed E-state index contributed by atoms with van der Waals surface area (Å²) in [6, 6.07) is 12.1. The summed E-state index contributed by atoms with van der Waals surface area (Å²) in [7, 11) is 0. The molecule has 1 aromatic heterocycles. The molecule has 0 radical (unpaired) electrons. The first kappa shape index (κ1) is 13.8. The van der Waals surface area contributed by atoms with Crippen LogP contribution in [0.25, 0.3) is 0 Å². The van der Waals surface area contributed by atoms with Gasteiger partial charge in [-0.3, -0.25) is 4.79 Å². The lowest BCUT2D eigenvalue weighted by atomic mass is 9.97. The molecule has 0 aliphatic rings. The third kappa shape index (κ3) is 3.93. The maximum Gasteiger partial charge on any atom is 0.252 e. The van der Waals surface area contributed by atoms with Crippen molar-refractivity contribution in [2.45, 2.75) is 26.3 Å². The molecule has 2 aromatic rings. The van der Waals surface area contributed by atoms with Crippen LogP contribution in [0.15, 0.2) is 47.2 Å². The van der Waals surface area contributed by atoms with Crippen molar-refractivity contribution in [2.24, 2.45) is 5.92 Å². The van der Waals surface area contributed by atoms with Crippen molar-refractivity contribution < 1.29 is 4.79 Å². The molecule has 0 unspecified atom stereocenters. The predicted octanol–water partition coefficient (Wildman–Crippen LogP) is 4.27. The highest BCUT2D eigenvalue weighted by Crippen LogP contribution is 2.21. The molecule has 0 spiro atoms. The highest BCUT2D eigenvalue weighted by Gasteiger charge is 2.17. The number of hydrogen-bond acceptors (Lipinski definition) is 2. The van der Waals surface area contributed by atoms with E-state index >= 15 is 0 Å². The van der Waals surface area contributed by atoms with Crippen LogP contribution in [0.2, 0.25) is 0 Å². The molecule has 0 aliphatic heterocycles. The number of nitrogens with one attached hydrogen (secondary N) is 1. The average molecular weight is 273 g/mol. The summed E-state index contributed by atoms with van der Waals surface area (Å²) in [6.45, 7) is 4.35. The number of amides is 1. The van der Waals surface area contributed by atoms with Crippen molar-refractivity contribution in [2.75, 3.05) is 0 Å². The fourth-order valence-corrected chi connectivity index (χ4v) is 2.71. The molecule has 0 bridgehead atoms. The lowest BCUT2D eigenvalue weighted by Crippen LogP contribution is -2.29. The number of thiophene rings is 1. The van der Waals surface area contributed by atoms with Gasteiger partial charge in [-0.2, -0.15) is 11.3 Å². The van der Waals surface area contributed by atoms with Crippen molar-refractivity contribution in [3.05, 3.63) is 58.3 Å². The van der Waals surface area contributed by atoms with Crippen LogP contribution in [-0.2, 0) is 0 Å². The lowest BCUT2D eigenvalue weighted by molar-refractivity contribution is 0.0932. The Morgan fingerprint density at radius 1 is 1.21 bits per heavy atom. The van der Waals surface area contributed by atoms with E-state index in [0.29, 0.717) is 5.92 Å². The van der Waals surface area contributed by atoms with Crippen LogP contribution in [0.3, 0.4) is 0 Å². The topological polar surface area (TPSA) is 29.1 Å². The van der Waals surface area contributed by atoms with Crippen LogP contribution in [0.4, 0.5) is 0 Å². The second kappa shape index (κ2) is 6.53. The summed E-state index contributed by atoms with van der Waals surface area (Å²) >= 11 is 1.54. The molecule has 0 saturated carbocycles. The minimum absolute atomic E-state index is 0.00996. The fraction of sp³-hybridized carbons (Fsp3) is 0.312. The Kier molecular flexibility index (Phi) is 4.74. The molecule has 1 atom stereocenters. The normalized spacial score (nSPS) is 12.4. The van der Waals surface area contributed by atoms with Gasteiger partial charge in [-0.15, -0.1) is 0 Å². The zero-order valence-corrected chi connectivity index (χ0v) is 12.1. The van der Waals surface area contributed by atoms with Gasteiger partial charge in [0.05, 0.1) is 11.6 Å². The standard InChI is InChI=1S/C16H19NOS/c1-12(2)10-15(13-6-4-3-5-7-13)17-16(18)14-8-9-19-11-14/h3-9,11-12,15H,10H2,1-2H3,(H,17,18)/t15-/m1/s1. The van der Waals surface area contributed by atoms with Gasteiger partial charge in [0.1, 0.15) is 0 Å². The quantitative estimate of drug-likeness (QED) is 0.866. The van der Waals surface area contributed by atoms with Gasteiger partial charge < -0.3 is 5.32 Å². The Hall–Kier alpha value is -1.61. The molecule has 2 nitrogen and oxygen atoms in total. The number of carbonyl (C=O) groups excluding carboxylic acids is 1. The summed E-state index contributed by atoms with van der Waals surface area (Å²) in [5.41, 5.74) is 1.91. The summed E-state index contributed by atoms with van der Waals surface area (Å²) < 4.78 is 0. The molecule has 3 heteroatoms. The van der Waals surface area contributed by atoms with Gasteiger partial charge in [0.2, 0.25) is 0 Å². The van der Waals surface area contributed by atoms with E-state index in [0.717, 1.165) is 12.0 Å². The molecule has 100 valence electrons. The first-order valence-electron chi connectivity index (χ1n) is 6.55. The minimum Gasteiger partial charge on any atom is -0.345 e. The molecule has 0 fully saturated rings. The molecule has 19 heavy (non-hydrogen) atoms. The summed E-state index contributed by atoms with van der Waals surface area (Å²) in [5.74, 6) is 0.545. The zero-order chi connectivity index (χ0) is 13.7. The van der Waals surface area contributed by atoms with Crippen molar-refractivity contribution >= 4 is 17.2 Å². The molecule has 1 aromatic carbocycles. The highest BCUT2D eigenvalue weighted by molar-refractivity contribution is 7.08. The van der Waals surface area contributed by atoms with Crippen molar-refractivity contribution in [3.8, 4) is 0 Å². The second-order valence-corrected chi connectivity index (χ2v) is 5.86. The van der Waals surface area contributed by atoms with E-state index in [2.05, 4.69) is 31.3 Å². The van der Waals surface area contributed by atoms with Gasteiger partial charge >= 0.3 is 0 Å². The third-order valence-electron chi connectivity index (χ3n) is 3.00. The van der Waals surface area contributed by atoms with Crippen LogP contribution < -0.4 is 5.32 Å². The van der Waals surface area contributed by atoms with E-state index in [1.165, 1.54) is 5.56 Å². The van der Waals surface area contributed by atoms with Crippen LogP contribution in [0.1, 0.15) is 42.2 Å². The van der Waals surface area contributed by atoms with Crippen LogP contribution in [0, 0.1) is 5.92 Å². The van der Waals surface area contributed by atoms with Crippen LogP contribution >= 0.6 is 11.3 Å². The Labute approximate surface area is 118 Å². The fourth-order valence-electron chi connectivity index (χ4n) is 2.07. The molecular weight excluding hydrogens is 254 g/mol. The first-order valence-corrected chi connectivity index (χ1v) is 7.49. The maximum absolute atomic E-state index is 12.2. The minimum atomic E-state index is 0.00996. The predicted molar refractivity (Wildman–Crippen MR) is 80.4 cm³/mol. The molecule has 0 saturated heterocycles. The Morgan fingerprint density at radius 3 is 2.53 bits per heavy atom. The van der Waals surface area contributed by atoms with E-state index in [-0.39, 0.29) is 11.9 Å². The largest absolute Gasteiger partial charge is 0.345 e. The number of benzene rings is 1. The van der Waals surface area contributed by atoms with Gasteiger partial charge in [-0.1, -0.05) is 44.2 Å². The maximum atomic E-state index is 12.2. The summed E-state index contributed by atoms with van der Waals surface area (Å²) in [6.07, 6.45) is 0.944. The summed E-state index contributed by atoms with van der Waals surface area (Å²) in [4.78, 5) is 12.2. The zero-order valence-electron chi connectivity index (χ0n) is 11.3. The van der Waals surface area contributed by atoms with E-state index in [9.17, 15) is 4.79 Å². The monoisotopic (exact) mass is 273 g/mol. The SMILES string of the molecule is CC(C)C[C@@H](NC(=O)c1ccsc1)c1ccccc1. The van der Waals surface area contributed by atoms with Crippen LogP contribution in [0.5, 0.6) is 0 Å². The van der Waals surface area contributed by atoms with Gasteiger partial charge in [-0.25, -0.2) is 0 Å². The first-order chi connectivity index (χ1) is 9.16. The van der Waals surface area contributed by atoms with Crippen LogP contribution in [-0.4, -0.2) is 5.91 Å². The van der Waals surface area contributed by atoms with Crippen molar-refractivity contribution in [1.82, 2.24) is 5.32 Å². The smallest absolute Gasteiger partial charge is 0.252 e.